The topological polar surface area (TPSA) is 97.7 Å². The van der Waals surface area contributed by atoms with E-state index in [9.17, 15) is 18.0 Å². The number of benzene rings is 2. The van der Waals surface area contributed by atoms with E-state index in [1.165, 1.54) is 6.20 Å². The molecule has 9 heteroatoms. The summed E-state index contributed by atoms with van der Waals surface area (Å²) in [5, 5.41) is 3.18. The number of ether oxygens (including phenoxy) is 1. The highest BCUT2D eigenvalue weighted by molar-refractivity contribution is 7.92. The molecule has 1 aliphatic rings. The first kappa shape index (κ1) is 24.9. The first-order valence-corrected chi connectivity index (χ1v) is 13.3. The van der Waals surface area contributed by atoms with Crippen molar-refractivity contribution >= 4 is 32.6 Å². The molecule has 0 saturated carbocycles. The molecule has 1 N–H and O–H groups in total. The van der Waals surface area contributed by atoms with Crippen molar-refractivity contribution in [2.24, 2.45) is 0 Å². The van der Waals surface area contributed by atoms with Crippen LogP contribution in [-0.2, 0) is 37.3 Å². The zero-order chi connectivity index (χ0) is 25.2. The molecule has 0 radical (unpaired) electrons. The highest BCUT2D eigenvalue weighted by Crippen LogP contribution is 2.27. The third kappa shape index (κ3) is 5.91. The van der Waals surface area contributed by atoms with Gasteiger partial charge in [0.2, 0.25) is 11.8 Å². The summed E-state index contributed by atoms with van der Waals surface area (Å²) in [6.45, 7) is 7.08. The number of nitrogens with zero attached hydrogens (tertiary/aromatic N) is 2. The van der Waals surface area contributed by atoms with Crippen molar-refractivity contribution in [1.29, 1.82) is 0 Å². The van der Waals surface area contributed by atoms with Crippen LogP contribution in [0.3, 0.4) is 0 Å². The number of hydrogen-bond donors (Lipinski definition) is 1. The van der Waals surface area contributed by atoms with Gasteiger partial charge in [0.25, 0.3) is 0 Å². The van der Waals surface area contributed by atoms with E-state index in [1.54, 1.807) is 33.7 Å². The van der Waals surface area contributed by atoms with Gasteiger partial charge in [-0.15, -0.1) is 0 Å². The molecule has 1 fully saturated rings. The largest absolute Gasteiger partial charge is 0.372 e. The summed E-state index contributed by atoms with van der Waals surface area (Å²) in [6.07, 6.45) is 1.36. The maximum absolute atomic E-state index is 13.2. The van der Waals surface area contributed by atoms with Crippen LogP contribution in [-0.4, -0.2) is 60.7 Å². The van der Waals surface area contributed by atoms with Crippen molar-refractivity contribution in [3.8, 4) is 0 Å². The SMILES string of the molecule is Cc1ccc(CNC(=O)CS(=O)(=O)c2cn(CC(=O)N3CC(C)OC(C)C3)c3ccccc23)cc1. The molecule has 3 aromatic rings. The van der Waals surface area contributed by atoms with Crippen LogP contribution in [0.2, 0.25) is 0 Å². The number of carbonyl (C=O) groups excluding carboxylic acids is 2. The molecule has 1 saturated heterocycles. The average Bonchev–Trinajstić information content (AvgIpc) is 3.17. The Morgan fingerprint density at radius 1 is 1.03 bits per heavy atom. The number of nitrogens with one attached hydrogen (secondary N) is 1. The summed E-state index contributed by atoms with van der Waals surface area (Å²) in [6, 6.07) is 14.7. The number of aromatic nitrogens is 1. The van der Waals surface area contributed by atoms with Crippen molar-refractivity contribution in [3.05, 3.63) is 65.9 Å². The normalized spacial score (nSPS) is 18.5. The zero-order valence-corrected chi connectivity index (χ0v) is 21.0. The molecule has 0 aliphatic carbocycles. The fourth-order valence-electron chi connectivity index (χ4n) is 4.43. The molecule has 186 valence electrons. The van der Waals surface area contributed by atoms with Gasteiger partial charge < -0.3 is 19.5 Å². The molecule has 2 aromatic carbocycles. The Morgan fingerprint density at radius 3 is 2.37 bits per heavy atom. The number of aryl methyl sites for hydroxylation is 1. The molecule has 2 unspecified atom stereocenters. The quantitative estimate of drug-likeness (QED) is 0.541. The number of rotatable bonds is 7. The number of fused-ring (bicyclic) bond motifs is 1. The van der Waals surface area contributed by atoms with Gasteiger partial charge in [-0.2, -0.15) is 0 Å². The minimum atomic E-state index is -3.93. The number of hydrogen-bond acceptors (Lipinski definition) is 5. The van der Waals surface area contributed by atoms with Gasteiger partial charge in [-0.1, -0.05) is 48.0 Å². The number of carbonyl (C=O) groups is 2. The molecule has 1 aromatic heterocycles. The van der Waals surface area contributed by atoms with Crippen LogP contribution >= 0.6 is 0 Å². The Morgan fingerprint density at radius 2 is 1.69 bits per heavy atom. The van der Waals surface area contributed by atoms with Gasteiger partial charge in [-0.25, -0.2) is 8.42 Å². The fourth-order valence-corrected chi connectivity index (χ4v) is 5.83. The summed E-state index contributed by atoms with van der Waals surface area (Å²) in [5.41, 5.74) is 2.63. The lowest BCUT2D eigenvalue weighted by atomic mass is 10.1. The van der Waals surface area contributed by atoms with Gasteiger partial charge in [0.05, 0.1) is 17.1 Å². The van der Waals surface area contributed by atoms with Gasteiger partial charge in [0, 0.05) is 36.7 Å². The lowest BCUT2D eigenvalue weighted by Gasteiger charge is -2.35. The van der Waals surface area contributed by atoms with E-state index in [1.807, 2.05) is 45.0 Å². The second-order valence-electron chi connectivity index (χ2n) is 9.22. The van der Waals surface area contributed by atoms with E-state index in [2.05, 4.69) is 5.32 Å². The second kappa shape index (κ2) is 10.2. The van der Waals surface area contributed by atoms with E-state index in [0.29, 0.717) is 24.0 Å². The first-order chi connectivity index (χ1) is 16.6. The van der Waals surface area contributed by atoms with Crippen molar-refractivity contribution in [3.63, 3.8) is 0 Å². The maximum atomic E-state index is 13.2. The molecule has 1 aliphatic heterocycles. The molecule has 4 rings (SSSR count). The van der Waals surface area contributed by atoms with Crippen molar-refractivity contribution in [1.82, 2.24) is 14.8 Å². The fraction of sp³-hybridized carbons (Fsp3) is 0.385. The summed E-state index contributed by atoms with van der Waals surface area (Å²) in [5.74, 6) is -1.35. The molecule has 2 atom stereocenters. The second-order valence-corrected chi connectivity index (χ2v) is 11.2. The molecule has 0 spiro atoms. The number of sulfone groups is 1. The van der Waals surface area contributed by atoms with Crippen molar-refractivity contribution in [2.75, 3.05) is 18.8 Å². The van der Waals surface area contributed by atoms with E-state index in [-0.39, 0.29) is 36.1 Å². The molecule has 2 amide bonds. The highest BCUT2D eigenvalue weighted by Gasteiger charge is 2.28. The van der Waals surface area contributed by atoms with E-state index >= 15 is 0 Å². The van der Waals surface area contributed by atoms with Crippen LogP contribution < -0.4 is 5.32 Å². The van der Waals surface area contributed by atoms with Crippen LogP contribution in [0.4, 0.5) is 0 Å². The standard InChI is InChI=1S/C26H31N3O5S/c1-18-8-10-21(11-9-18)12-27-25(30)17-35(32,33)24-15-28(23-7-5-4-6-22(23)24)16-26(31)29-13-19(2)34-20(3)14-29/h4-11,15,19-20H,12-14,16-17H2,1-3H3,(H,27,30). The molecule has 35 heavy (non-hydrogen) atoms. The number of amides is 2. The van der Waals surface area contributed by atoms with Crippen LogP contribution in [0.15, 0.2) is 59.6 Å². The highest BCUT2D eigenvalue weighted by atomic mass is 32.2. The molecule has 8 nitrogen and oxygen atoms in total. The maximum Gasteiger partial charge on any atom is 0.242 e. The van der Waals surface area contributed by atoms with Gasteiger partial charge in [0.1, 0.15) is 12.3 Å². The van der Waals surface area contributed by atoms with Crippen molar-refractivity contribution in [2.45, 2.75) is 51.0 Å². The van der Waals surface area contributed by atoms with E-state index in [0.717, 1.165) is 11.1 Å². The Bertz CT molecular complexity index is 1320. The summed E-state index contributed by atoms with van der Waals surface area (Å²) in [4.78, 5) is 27.3. The molecule has 2 heterocycles. The lowest BCUT2D eigenvalue weighted by Crippen LogP contribution is -2.49. The Balaban J connectivity index is 1.51. The zero-order valence-electron chi connectivity index (χ0n) is 20.2. The van der Waals surface area contributed by atoms with E-state index < -0.39 is 21.5 Å². The number of para-hydroxylation sites is 1. The lowest BCUT2D eigenvalue weighted by molar-refractivity contribution is -0.143. The summed E-state index contributed by atoms with van der Waals surface area (Å²) in [7, 11) is -3.93. The van der Waals surface area contributed by atoms with Gasteiger partial charge in [-0.05, 0) is 32.4 Å². The minimum Gasteiger partial charge on any atom is -0.372 e. The van der Waals surface area contributed by atoms with Crippen LogP contribution in [0, 0.1) is 6.92 Å². The Labute approximate surface area is 205 Å². The van der Waals surface area contributed by atoms with Crippen LogP contribution in [0.25, 0.3) is 10.9 Å². The summed E-state index contributed by atoms with van der Waals surface area (Å²) < 4.78 is 33.8. The van der Waals surface area contributed by atoms with Crippen LogP contribution in [0.5, 0.6) is 0 Å². The van der Waals surface area contributed by atoms with Gasteiger partial charge in [-0.3, -0.25) is 9.59 Å². The van der Waals surface area contributed by atoms with Crippen LogP contribution in [0.1, 0.15) is 25.0 Å². The van der Waals surface area contributed by atoms with E-state index in [4.69, 9.17) is 4.74 Å². The third-order valence-electron chi connectivity index (χ3n) is 6.10. The summed E-state index contributed by atoms with van der Waals surface area (Å²) >= 11 is 0. The van der Waals surface area contributed by atoms with Gasteiger partial charge in [0.15, 0.2) is 9.84 Å². The monoisotopic (exact) mass is 497 g/mol. The average molecular weight is 498 g/mol. The van der Waals surface area contributed by atoms with Crippen molar-refractivity contribution < 1.29 is 22.7 Å². The molecular weight excluding hydrogens is 466 g/mol. The minimum absolute atomic E-state index is 0.00902. The molecular formula is C26H31N3O5S. The Kier molecular flexibility index (Phi) is 7.28. The number of morpholine rings is 1. The predicted molar refractivity (Wildman–Crippen MR) is 134 cm³/mol. The van der Waals surface area contributed by atoms with Gasteiger partial charge >= 0.3 is 0 Å². The smallest absolute Gasteiger partial charge is 0.242 e. The Hall–Kier alpha value is -3.17. The predicted octanol–water partition coefficient (Wildman–Crippen LogP) is 2.68. The molecule has 0 bridgehead atoms. The third-order valence-corrected chi connectivity index (χ3v) is 7.73. The first-order valence-electron chi connectivity index (χ1n) is 11.7.